The monoisotopic (exact) mass is 644 g/mol. The highest BCUT2D eigenvalue weighted by Crippen LogP contribution is 2.37. The fraction of sp³-hybridized carbons (Fsp3) is 0.556. The second-order valence-corrected chi connectivity index (χ2v) is 10.8. The first-order chi connectivity index (χ1) is 18.2. The van der Waals surface area contributed by atoms with Gasteiger partial charge in [-0.25, -0.2) is 0 Å². The van der Waals surface area contributed by atoms with Crippen LogP contribution in [0.3, 0.4) is 0 Å². The third-order valence-electron chi connectivity index (χ3n) is 6.46. The highest BCUT2D eigenvalue weighted by molar-refractivity contribution is 14.1. The van der Waals surface area contributed by atoms with Crippen LogP contribution in [-0.4, -0.2) is 89.8 Å². The molecule has 1 aromatic carbocycles. The molecule has 4 unspecified atom stereocenters. The molecule has 0 aromatic heterocycles. The number of rotatable bonds is 11. The number of allylic oxidation sites excluding steroid dienone is 1. The summed E-state index contributed by atoms with van der Waals surface area (Å²) in [5.41, 5.74) is 1.78. The van der Waals surface area contributed by atoms with Gasteiger partial charge in [0.2, 0.25) is 11.8 Å². The number of aliphatic hydroxyl groups excluding tert-OH is 3. The second-order valence-electron chi connectivity index (χ2n) is 9.63. The Balaban J connectivity index is 2.01. The molecule has 38 heavy (non-hydrogen) atoms. The molecule has 11 heteroatoms. The van der Waals surface area contributed by atoms with Gasteiger partial charge in [-0.3, -0.25) is 9.59 Å². The summed E-state index contributed by atoms with van der Waals surface area (Å²) in [4.78, 5) is 27.9. The van der Waals surface area contributed by atoms with Crippen molar-refractivity contribution in [2.75, 3.05) is 33.4 Å². The number of hydrogen-bond acceptors (Lipinski definition) is 8. The summed E-state index contributed by atoms with van der Waals surface area (Å²) in [5, 5.41) is 33.0. The van der Waals surface area contributed by atoms with Crippen molar-refractivity contribution in [1.82, 2.24) is 10.2 Å². The smallest absolute Gasteiger partial charge is 0.247 e. The summed E-state index contributed by atoms with van der Waals surface area (Å²) < 4.78 is 18.2. The molecule has 0 saturated carbocycles. The third kappa shape index (κ3) is 7.69. The van der Waals surface area contributed by atoms with Crippen LogP contribution in [0.5, 0.6) is 11.5 Å². The normalized spacial score (nSPS) is 22.9. The Morgan fingerprint density at radius 3 is 2.66 bits per heavy atom. The van der Waals surface area contributed by atoms with Crippen LogP contribution in [0.15, 0.2) is 35.4 Å². The molecule has 4 N–H and O–H groups in total. The number of halogens is 1. The predicted octanol–water partition coefficient (Wildman–Crippen LogP) is 1.68. The summed E-state index contributed by atoms with van der Waals surface area (Å²) >= 11 is 2.06. The average Bonchev–Trinajstić information content (AvgIpc) is 3.40. The fourth-order valence-electron chi connectivity index (χ4n) is 4.62. The van der Waals surface area contributed by atoms with Crippen molar-refractivity contribution in [1.29, 1.82) is 0 Å². The highest BCUT2D eigenvalue weighted by Gasteiger charge is 2.41. The number of benzene rings is 1. The lowest BCUT2D eigenvalue weighted by atomic mass is 9.87. The van der Waals surface area contributed by atoms with Crippen LogP contribution >= 0.6 is 22.6 Å². The van der Waals surface area contributed by atoms with Crippen LogP contribution in [-0.2, 0) is 20.9 Å². The van der Waals surface area contributed by atoms with Crippen molar-refractivity contribution in [2.45, 2.75) is 64.1 Å². The number of carbonyl (C=O) groups is 2. The van der Waals surface area contributed by atoms with E-state index in [4.69, 9.17) is 14.2 Å². The number of ether oxygens (including phenoxy) is 3. The van der Waals surface area contributed by atoms with Crippen LogP contribution < -0.4 is 14.8 Å². The number of hydrogen-bond donors (Lipinski definition) is 4. The summed E-state index contributed by atoms with van der Waals surface area (Å²) in [7, 11) is 1.48. The van der Waals surface area contributed by atoms with Crippen LogP contribution in [0.1, 0.15) is 38.7 Å². The molecule has 1 aliphatic heterocycles. The molecule has 4 atom stereocenters. The minimum Gasteiger partial charge on any atom is -0.493 e. The van der Waals surface area contributed by atoms with Crippen molar-refractivity contribution in [3.05, 3.63) is 44.6 Å². The molecule has 1 fully saturated rings. The molecular formula is C27H37IN2O8. The van der Waals surface area contributed by atoms with Crippen LogP contribution in [0.4, 0.5) is 0 Å². The molecule has 1 saturated heterocycles. The van der Waals surface area contributed by atoms with Crippen LogP contribution in [0, 0.1) is 3.57 Å². The van der Waals surface area contributed by atoms with Crippen LogP contribution in [0.25, 0.3) is 0 Å². The predicted molar refractivity (Wildman–Crippen MR) is 149 cm³/mol. The van der Waals surface area contributed by atoms with Gasteiger partial charge in [-0.05, 0) is 73.1 Å². The van der Waals surface area contributed by atoms with E-state index in [1.807, 2.05) is 13.8 Å². The van der Waals surface area contributed by atoms with Gasteiger partial charge < -0.3 is 39.7 Å². The third-order valence-corrected chi connectivity index (χ3v) is 7.26. The first-order valence-electron chi connectivity index (χ1n) is 12.7. The number of amides is 2. The molecular weight excluding hydrogens is 607 g/mol. The SMILES string of the molecule is COc1cc(CO)cc(I)c1OC1C=C(C(=O)NCCO)CC(N(CC2CCCO2)C(=O)C=C(C)C)C1O. The number of methoxy groups -OCH3 is 1. The summed E-state index contributed by atoms with van der Waals surface area (Å²) in [6, 6.07) is 2.61. The van der Waals surface area contributed by atoms with Crippen LogP contribution in [0.2, 0.25) is 0 Å². The van der Waals surface area contributed by atoms with Gasteiger partial charge in [0, 0.05) is 37.8 Å². The molecule has 10 nitrogen and oxygen atoms in total. The van der Waals surface area contributed by atoms with E-state index >= 15 is 0 Å². The molecule has 1 aliphatic carbocycles. The van der Waals surface area contributed by atoms with Gasteiger partial charge in [0.05, 0.1) is 36.0 Å². The van der Waals surface area contributed by atoms with E-state index in [1.54, 1.807) is 23.1 Å². The quantitative estimate of drug-likeness (QED) is 0.211. The molecule has 210 valence electrons. The van der Waals surface area contributed by atoms with E-state index in [0.717, 1.165) is 18.4 Å². The topological polar surface area (TPSA) is 138 Å². The zero-order valence-corrected chi connectivity index (χ0v) is 24.1. The van der Waals surface area contributed by atoms with E-state index in [0.29, 0.717) is 32.8 Å². The molecule has 3 rings (SSSR count). The maximum absolute atomic E-state index is 13.4. The van der Waals surface area contributed by atoms with Gasteiger partial charge in [0.15, 0.2) is 11.5 Å². The first-order valence-corrected chi connectivity index (χ1v) is 13.7. The zero-order valence-electron chi connectivity index (χ0n) is 22.0. The molecule has 2 aliphatic rings. The fourth-order valence-corrected chi connectivity index (χ4v) is 5.41. The van der Waals surface area contributed by atoms with Gasteiger partial charge in [-0.1, -0.05) is 5.57 Å². The first kappa shape index (κ1) is 30.4. The standard InChI is InChI=1S/C27H37IN2O8/c1-16(2)9-24(33)30(14-19-5-4-8-37-19)21-12-18(27(35)29-6-7-31)13-22(25(21)34)38-26-20(28)10-17(15-32)11-23(26)36-3/h9-11,13,19,21-22,25,31-32,34H,4-8,12,14-15H2,1-3H3,(H,29,35). The van der Waals surface area contributed by atoms with E-state index in [2.05, 4.69) is 27.9 Å². The van der Waals surface area contributed by atoms with Gasteiger partial charge in [-0.15, -0.1) is 0 Å². The van der Waals surface area contributed by atoms with Crippen molar-refractivity contribution in [3.8, 4) is 11.5 Å². The maximum atomic E-state index is 13.4. The highest BCUT2D eigenvalue weighted by atomic mass is 127. The Morgan fingerprint density at radius 2 is 2.05 bits per heavy atom. The van der Waals surface area contributed by atoms with E-state index in [9.17, 15) is 24.9 Å². The minimum atomic E-state index is -1.17. The number of nitrogens with zero attached hydrogens (tertiary/aromatic N) is 1. The molecule has 1 aromatic rings. The van der Waals surface area contributed by atoms with Gasteiger partial charge >= 0.3 is 0 Å². The lowest BCUT2D eigenvalue weighted by molar-refractivity contribution is -0.135. The lowest BCUT2D eigenvalue weighted by Gasteiger charge is -2.41. The largest absolute Gasteiger partial charge is 0.493 e. The second kappa shape index (κ2) is 14.3. The van der Waals surface area contributed by atoms with Crippen molar-refractivity contribution in [3.63, 3.8) is 0 Å². The summed E-state index contributed by atoms with van der Waals surface area (Å²) in [5.74, 6) is 0.0304. The molecule has 2 amide bonds. The Bertz CT molecular complexity index is 1050. The van der Waals surface area contributed by atoms with Crippen molar-refractivity contribution < 1.29 is 39.1 Å². The Labute approximate surface area is 236 Å². The summed E-state index contributed by atoms with van der Waals surface area (Å²) in [6.07, 6.45) is 2.54. The lowest BCUT2D eigenvalue weighted by Crippen LogP contribution is -2.56. The maximum Gasteiger partial charge on any atom is 0.247 e. The number of nitrogens with one attached hydrogen (secondary N) is 1. The van der Waals surface area contributed by atoms with Gasteiger partial charge in [0.25, 0.3) is 0 Å². The Morgan fingerprint density at radius 1 is 1.29 bits per heavy atom. The Kier molecular flexibility index (Phi) is 11.4. The molecule has 0 spiro atoms. The minimum absolute atomic E-state index is 0.0690. The molecule has 1 heterocycles. The van der Waals surface area contributed by atoms with Crippen molar-refractivity contribution >= 4 is 34.4 Å². The number of carbonyl (C=O) groups excluding carboxylic acids is 2. The van der Waals surface area contributed by atoms with Gasteiger partial charge in [0.1, 0.15) is 12.2 Å². The zero-order chi connectivity index (χ0) is 27.8. The van der Waals surface area contributed by atoms with Crippen molar-refractivity contribution in [2.24, 2.45) is 0 Å². The van der Waals surface area contributed by atoms with E-state index in [1.165, 1.54) is 13.2 Å². The summed E-state index contributed by atoms with van der Waals surface area (Å²) in [6.45, 7) is 4.20. The van der Waals surface area contributed by atoms with Gasteiger partial charge in [-0.2, -0.15) is 0 Å². The average molecular weight is 645 g/mol. The van der Waals surface area contributed by atoms with E-state index in [-0.39, 0.29) is 44.7 Å². The Hall–Kier alpha value is -2.19. The van der Waals surface area contributed by atoms with E-state index < -0.39 is 24.2 Å². The number of aliphatic hydroxyl groups is 3. The molecule has 0 bridgehead atoms. The molecule has 0 radical (unpaired) electrons.